The summed E-state index contributed by atoms with van der Waals surface area (Å²) in [6.07, 6.45) is 0. The van der Waals surface area contributed by atoms with Crippen LogP contribution in [0, 0.1) is 0 Å². The predicted molar refractivity (Wildman–Crippen MR) is 61.9 cm³/mol. The largest absolute Gasteiger partial charge is 0.245 e. The Labute approximate surface area is 92.7 Å². The van der Waals surface area contributed by atoms with Crippen molar-refractivity contribution >= 4 is 31.4 Å². The Morgan fingerprint density at radius 1 is 1.33 bits per heavy atom. The van der Waals surface area contributed by atoms with Crippen LogP contribution in [0.1, 0.15) is 13.8 Å². The Morgan fingerprint density at radius 3 is 2.73 bits per heavy atom. The lowest BCUT2D eigenvalue weighted by molar-refractivity contribution is 0.587. The molecule has 1 aromatic carbocycles. The molecule has 0 radical (unpaired) electrons. The van der Waals surface area contributed by atoms with Crippen LogP contribution in [0.5, 0.6) is 0 Å². The third kappa shape index (κ3) is 1.77. The second kappa shape index (κ2) is 3.57. The molecule has 80 valence electrons. The molecule has 0 fully saturated rings. The van der Waals surface area contributed by atoms with E-state index in [1.54, 1.807) is 37.6 Å². The van der Waals surface area contributed by atoms with Gasteiger partial charge < -0.3 is 0 Å². The van der Waals surface area contributed by atoms with E-state index in [2.05, 4.69) is 4.98 Å². The van der Waals surface area contributed by atoms with E-state index in [-0.39, 0.29) is 5.25 Å². The van der Waals surface area contributed by atoms with Gasteiger partial charge in [0, 0.05) is 0 Å². The van der Waals surface area contributed by atoms with Gasteiger partial charge in [-0.3, -0.25) is 0 Å². The summed E-state index contributed by atoms with van der Waals surface area (Å²) in [4.78, 5) is 4.49. The van der Waals surface area contributed by atoms with Crippen molar-refractivity contribution in [3.05, 3.63) is 23.7 Å². The fraction of sp³-hybridized carbons (Fsp3) is 0.300. The second-order valence-electron chi connectivity index (χ2n) is 3.58. The number of thiazole rings is 1. The van der Waals surface area contributed by atoms with Crippen LogP contribution in [-0.2, 0) is 9.84 Å². The van der Waals surface area contributed by atoms with E-state index in [1.807, 2.05) is 0 Å². The summed E-state index contributed by atoms with van der Waals surface area (Å²) in [6, 6.07) is 5.07. The first-order chi connectivity index (χ1) is 7.01. The first-order valence-electron chi connectivity index (χ1n) is 4.59. The molecule has 0 saturated carbocycles. The zero-order valence-electron chi connectivity index (χ0n) is 8.47. The summed E-state index contributed by atoms with van der Waals surface area (Å²) in [7, 11) is -3.17. The lowest BCUT2D eigenvalue weighted by Gasteiger charge is -2.06. The van der Waals surface area contributed by atoms with Crippen LogP contribution in [0.3, 0.4) is 0 Å². The molecule has 3 nitrogen and oxygen atoms in total. The summed E-state index contributed by atoms with van der Waals surface area (Å²) in [5, 5.41) is -0.386. The number of rotatable bonds is 2. The predicted octanol–water partition coefficient (Wildman–Crippen LogP) is 2.48. The topological polar surface area (TPSA) is 47.0 Å². The molecule has 2 rings (SSSR count). The summed E-state index contributed by atoms with van der Waals surface area (Å²) < 4.78 is 24.7. The molecule has 2 aromatic rings. The molecule has 1 aromatic heterocycles. The Bertz CT molecular complexity index is 584. The van der Waals surface area contributed by atoms with E-state index in [0.29, 0.717) is 4.90 Å². The van der Waals surface area contributed by atoms with Crippen LogP contribution < -0.4 is 0 Å². The molecule has 5 heteroatoms. The highest BCUT2D eigenvalue weighted by Crippen LogP contribution is 2.23. The van der Waals surface area contributed by atoms with Crippen LogP contribution >= 0.6 is 11.3 Å². The van der Waals surface area contributed by atoms with Crippen LogP contribution in [0.15, 0.2) is 28.6 Å². The maximum Gasteiger partial charge on any atom is 0.180 e. The highest BCUT2D eigenvalue weighted by molar-refractivity contribution is 7.92. The molecular formula is C10H11NO2S2. The summed E-state index contributed by atoms with van der Waals surface area (Å²) in [5.74, 6) is 0. The van der Waals surface area contributed by atoms with Gasteiger partial charge in [0.1, 0.15) is 0 Å². The smallest absolute Gasteiger partial charge is 0.180 e. The highest BCUT2D eigenvalue weighted by Gasteiger charge is 2.19. The normalized spacial score (nSPS) is 12.5. The average molecular weight is 241 g/mol. The molecule has 1 heterocycles. The van der Waals surface area contributed by atoms with Gasteiger partial charge in [-0.1, -0.05) is 0 Å². The van der Waals surface area contributed by atoms with Crippen LogP contribution in [0.4, 0.5) is 0 Å². The van der Waals surface area contributed by atoms with Crippen molar-refractivity contribution < 1.29 is 8.42 Å². The van der Waals surface area contributed by atoms with Crippen molar-refractivity contribution in [3.8, 4) is 0 Å². The van der Waals surface area contributed by atoms with Crippen molar-refractivity contribution in [2.24, 2.45) is 0 Å². The third-order valence-corrected chi connectivity index (χ3v) is 5.20. The summed E-state index contributed by atoms with van der Waals surface area (Å²) in [6.45, 7) is 3.37. The van der Waals surface area contributed by atoms with Gasteiger partial charge in [-0.05, 0) is 32.0 Å². The first-order valence-corrected chi connectivity index (χ1v) is 7.01. The van der Waals surface area contributed by atoms with Crippen LogP contribution in [0.25, 0.3) is 10.2 Å². The number of nitrogens with zero attached hydrogens (tertiary/aromatic N) is 1. The van der Waals surface area contributed by atoms with Gasteiger partial charge >= 0.3 is 0 Å². The lowest BCUT2D eigenvalue weighted by atomic mass is 10.3. The fourth-order valence-corrected chi connectivity index (χ4v) is 3.16. The molecule has 0 amide bonds. The van der Waals surface area contributed by atoms with Gasteiger partial charge in [0.2, 0.25) is 0 Å². The highest BCUT2D eigenvalue weighted by atomic mass is 32.2. The van der Waals surface area contributed by atoms with Crippen molar-refractivity contribution in [3.63, 3.8) is 0 Å². The fourth-order valence-electron chi connectivity index (χ4n) is 1.28. The molecule has 0 unspecified atom stereocenters. The van der Waals surface area contributed by atoms with Crippen molar-refractivity contribution in [2.75, 3.05) is 0 Å². The molecule has 0 aliphatic rings. The van der Waals surface area contributed by atoms with Crippen molar-refractivity contribution in [2.45, 2.75) is 24.0 Å². The Kier molecular flexibility index (Phi) is 2.52. The van der Waals surface area contributed by atoms with Gasteiger partial charge in [0.05, 0.1) is 25.9 Å². The van der Waals surface area contributed by atoms with Gasteiger partial charge in [-0.15, -0.1) is 11.3 Å². The molecule has 15 heavy (non-hydrogen) atoms. The van der Waals surface area contributed by atoms with E-state index in [1.165, 1.54) is 11.3 Å². The zero-order valence-corrected chi connectivity index (χ0v) is 10.1. The number of fused-ring (bicyclic) bond motifs is 1. The molecule has 0 atom stereocenters. The molecule has 0 aliphatic heterocycles. The van der Waals surface area contributed by atoms with E-state index in [9.17, 15) is 8.42 Å². The SMILES string of the molecule is CC(C)S(=O)(=O)c1ccc2ncsc2c1. The van der Waals surface area contributed by atoms with Gasteiger partial charge in [-0.25, -0.2) is 13.4 Å². The maximum atomic E-state index is 11.9. The number of hydrogen-bond acceptors (Lipinski definition) is 4. The molecule has 0 N–H and O–H groups in total. The lowest BCUT2D eigenvalue weighted by Crippen LogP contribution is -2.13. The van der Waals surface area contributed by atoms with E-state index < -0.39 is 9.84 Å². The molecule has 0 saturated heterocycles. The van der Waals surface area contributed by atoms with Crippen LogP contribution in [-0.4, -0.2) is 18.7 Å². The average Bonchev–Trinajstić information content (AvgIpc) is 2.63. The van der Waals surface area contributed by atoms with E-state index >= 15 is 0 Å². The Morgan fingerprint density at radius 2 is 2.07 bits per heavy atom. The first kappa shape index (κ1) is 10.6. The summed E-state index contributed by atoms with van der Waals surface area (Å²) >= 11 is 1.45. The van der Waals surface area contributed by atoms with Crippen LogP contribution in [0.2, 0.25) is 0 Å². The monoisotopic (exact) mass is 241 g/mol. The van der Waals surface area contributed by atoms with Gasteiger partial charge in [0.15, 0.2) is 9.84 Å². The minimum atomic E-state index is -3.17. The maximum absolute atomic E-state index is 11.9. The van der Waals surface area contributed by atoms with Crippen molar-refractivity contribution in [1.82, 2.24) is 4.98 Å². The number of hydrogen-bond donors (Lipinski definition) is 0. The number of sulfone groups is 1. The van der Waals surface area contributed by atoms with Gasteiger partial charge in [0.25, 0.3) is 0 Å². The summed E-state index contributed by atoms with van der Waals surface area (Å²) in [5.41, 5.74) is 2.57. The minimum absolute atomic E-state index is 0.384. The standard InChI is InChI=1S/C10H11NO2S2/c1-7(2)15(12,13)8-3-4-9-10(5-8)14-6-11-9/h3-7H,1-2H3. The Balaban J connectivity index is 2.63. The molecule has 0 spiro atoms. The quantitative estimate of drug-likeness (QED) is 0.811. The number of benzene rings is 1. The van der Waals surface area contributed by atoms with Crippen molar-refractivity contribution in [1.29, 1.82) is 0 Å². The molecule has 0 aliphatic carbocycles. The Hall–Kier alpha value is -0.940. The van der Waals surface area contributed by atoms with E-state index in [4.69, 9.17) is 0 Å². The van der Waals surface area contributed by atoms with Gasteiger partial charge in [-0.2, -0.15) is 0 Å². The number of aromatic nitrogens is 1. The second-order valence-corrected chi connectivity index (χ2v) is 6.97. The molecule has 0 bridgehead atoms. The van der Waals surface area contributed by atoms with E-state index in [0.717, 1.165) is 10.2 Å². The zero-order chi connectivity index (χ0) is 11.1. The molecular weight excluding hydrogens is 230 g/mol. The minimum Gasteiger partial charge on any atom is -0.245 e. The third-order valence-electron chi connectivity index (χ3n) is 2.25.